The number of methoxy groups -OCH3 is 3. The number of nitrogens with one attached hydrogen (secondary N) is 1. The smallest absolute Gasteiger partial charge is 0.225 e. The first-order valence-corrected chi connectivity index (χ1v) is 11.3. The first-order chi connectivity index (χ1) is 14.9. The van der Waals surface area contributed by atoms with Crippen molar-refractivity contribution in [1.82, 2.24) is 10.2 Å². The van der Waals surface area contributed by atoms with Gasteiger partial charge in [-0.3, -0.25) is 9.59 Å². The van der Waals surface area contributed by atoms with Gasteiger partial charge in [0.05, 0.1) is 27.2 Å². The van der Waals surface area contributed by atoms with E-state index in [4.69, 9.17) is 14.2 Å². The van der Waals surface area contributed by atoms with Crippen LogP contribution in [0.25, 0.3) is 0 Å². The van der Waals surface area contributed by atoms with Gasteiger partial charge >= 0.3 is 0 Å². The molecule has 0 radical (unpaired) electrons. The highest BCUT2D eigenvalue weighted by molar-refractivity contribution is 5.84. The molecule has 2 fully saturated rings. The molecular weight excluding hydrogens is 396 g/mol. The summed E-state index contributed by atoms with van der Waals surface area (Å²) in [6, 6.07) is 3.80. The average molecular weight is 433 g/mol. The molecule has 1 saturated heterocycles. The van der Waals surface area contributed by atoms with Crippen LogP contribution in [-0.4, -0.2) is 57.7 Å². The third kappa shape index (κ3) is 5.08. The lowest BCUT2D eigenvalue weighted by atomic mass is 9.87. The Morgan fingerprint density at radius 3 is 2.16 bits per heavy atom. The summed E-state index contributed by atoms with van der Waals surface area (Å²) in [5.74, 6) is 1.82. The van der Waals surface area contributed by atoms with E-state index in [0.717, 1.165) is 31.2 Å². The molecule has 7 heteroatoms. The molecule has 7 nitrogen and oxygen atoms in total. The lowest BCUT2D eigenvalue weighted by Crippen LogP contribution is -2.38. The number of amides is 2. The van der Waals surface area contributed by atoms with Gasteiger partial charge < -0.3 is 24.4 Å². The number of likely N-dealkylation sites (tertiary alicyclic amines) is 1. The molecule has 0 bridgehead atoms. The first kappa shape index (κ1) is 23.2. The Bertz CT molecular complexity index is 763. The van der Waals surface area contributed by atoms with Gasteiger partial charge in [0, 0.05) is 31.5 Å². The third-order valence-electron chi connectivity index (χ3n) is 6.47. The summed E-state index contributed by atoms with van der Waals surface area (Å²) in [5, 5.41) is 3.07. The van der Waals surface area contributed by atoms with Gasteiger partial charge in [0.1, 0.15) is 0 Å². The van der Waals surface area contributed by atoms with Gasteiger partial charge in [-0.25, -0.2) is 0 Å². The molecule has 2 unspecified atom stereocenters. The zero-order valence-corrected chi connectivity index (χ0v) is 19.4. The molecule has 172 valence electrons. The van der Waals surface area contributed by atoms with Gasteiger partial charge in [0.25, 0.3) is 0 Å². The zero-order chi connectivity index (χ0) is 22.5. The van der Waals surface area contributed by atoms with Crippen LogP contribution in [-0.2, 0) is 9.59 Å². The van der Waals surface area contributed by atoms with E-state index in [2.05, 4.69) is 19.2 Å². The predicted molar refractivity (Wildman–Crippen MR) is 119 cm³/mol. The fraction of sp³-hybridized carbons (Fsp3) is 0.667. The number of rotatable bonds is 8. The maximum atomic E-state index is 13.1. The number of carbonyl (C=O) groups excluding carboxylic acids is 2. The largest absolute Gasteiger partial charge is 0.493 e. The minimum atomic E-state index is -0.313. The van der Waals surface area contributed by atoms with E-state index in [9.17, 15) is 9.59 Å². The molecule has 1 saturated carbocycles. The van der Waals surface area contributed by atoms with Gasteiger partial charge in [-0.15, -0.1) is 0 Å². The van der Waals surface area contributed by atoms with E-state index in [-0.39, 0.29) is 29.6 Å². The average Bonchev–Trinajstić information content (AvgIpc) is 3.46. The van der Waals surface area contributed by atoms with Crippen molar-refractivity contribution in [3.05, 3.63) is 17.7 Å². The summed E-state index contributed by atoms with van der Waals surface area (Å²) in [6.07, 6.45) is 4.13. The standard InChI is InChI=1S/C24H36N2O5/c1-15(2)12-25-23(27)19-14-26(24(28)16-8-6-7-9-16)13-18(19)17-10-20(29-3)22(31-5)21(11-17)30-4/h10-11,15-16,18-19H,6-9,12-14H2,1-5H3,(H,25,27). The molecule has 1 N–H and O–H groups in total. The normalized spacial score (nSPS) is 21.4. The van der Waals surface area contributed by atoms with Gasteiger partial charge in [0.2, 0.25) is 17.6 Å². The Hall–Kier alpha value is -2.44. The quantitative estimate of drug-likeness (QED) is 0.683. The van der Waals surface area contributed by atoms with Crippen molar-refractivity contribution in [1.29, 1.82) is 0 Å². The van der Waals surface area contributed by atoms with Crippen molar-refractivity contribution >= 4 is 11.8 Å². The third-order valence-corrected chi connectivity index (χ3v) is 6.47. The van der Waals surface area contributed by atoms with Crippen LogP contribution < -0.4 is 19.5 Å². The molecule has 1 aromatic rings. The van der Waals surface area contributed by atoms with Gasteiger partial charge in [-0.05, 0) is 36.5 Å². The second-order valence-corrected chi connectivity index (χ2v) is 9.04. The van der Waals surface area contributed by atoms with Crippen molar-refractivity contribution in [2.75, 3.05) is 41.0 Å². The van der Waals surface area contributed by atoms with E-state index < -0.39 is 0 Å². The molecular formula is C24H36N2O5. The molecule has 31 heavy (non-hydrogen) atoms. The highest BCUT2D eigenvalue weighted by Crippen LogP contribution is 2.43. The first-order valence-electron chi connectivity index (χ1n) is 11.3. The molecule has 2 aliphatic rings. The highest BCUT2D eigenvalue weighted by Gasteiger charge is 2.42. The number of nitrogens with zero attached hydrogens (tertiary/aromatic N) is 1. The van der Waals surface area contributed by atoms with Crippen molar-refractivity contribution in [2.24, 2.45) is 17.8 Å². The molecule has 2 atom stereocenters. The molecule has 1 aliphatic heterocycles. The van der Waals surface area contributed by atoms with Crippen LogP contribution in [0.15, 0.2) is 12.1 Å². The zero-order valence-electron chi connectivity index (χ0n) is 19.4. The maximum Gasteiger partial charge on any atom is 0.225 e. The lowest BCUT2D eigenvalue weighted by Gasteiger charge is -2.21. The Kier molecular flexibility index (Phi) is 7.68. The van der Waals surface area contributed by atoms with Gasteiger partial charge in [0.15, 0.2) is 11.5 Å². The topological polar surface area (TPSA) is 77.1 Å². The summed E-state index contributed by atoms with van der Waals surface area (Å²) in [7, 11) is 4.73. The predicted octanol–water partition coefficient (Wildman–Crippen LogP) is 3.22. The van der Waals surface area contributed by atoms with E-state index in [1.165, 1.54) is 0 Å². The van der Waals surface area contributed by atoms with Crippen LogP contribution in [0.5, 0.6) is 17.2 Å². The van der Waals surface area contributed by atoms with Crippen LogP contribution in [0.1, 0.15) is 51.0 Å². The van der Waals surface area contributed by atoms with E-state index in [1.807, 2.05) is 17.0 Å². The van der Waals surface area contributed by atoms with E-state index in [0.29, 0.717) is 42.8 Å². The van der Waals surface area contributed by atoms with E-state index >= 15 is 0 Å². The van der Waals surface area contributed by atoms with Crippen LogP contribution in [0, 0.1) is 17.8 Å². The van der Waals surface area contributed by atoms with Crippen molar-refractivity contribution in [2.45, 2.75) is 45.4 Å². The fourth-order valence-electron chi connectivity index (χ4n) is 4.77. The van der Waals surface area contributed by atoms with Gasteiger partial charge in [-0.2, -0.15) is 0 Å². The lowest BCUT2D eigenvalue weighted by molar-refractivity contribution is -0.134. The second kappa shape index (κ2) is 10.2. The summed E-state index contributed by atoms with van der Waals surface area (Å²) in [4.78, 5) is 28.1. The van der Waals surface area contributed by atoms with Crippen LogP contribution in [0.2, 0.25) is 0 Å². The molecule has 0 aromatic heterocycles. The Morgan fingerprint density at radius 1 is 1.03 bits per heavy atom. The Balaban J connectivity index is 1.91. The molecule has 2 amide bonds. The maximum absolute atomic E-state index is 13.1. The molecule has 1 aliphatic carbocycles. The summed E-state index contributed by atoms with van der Waals surface area (Å²) >= 11 is 0. The van der Waals surface area contributed by atoms with Crippen LogP contribution in [0.4, 0.5) is 0 Å². The second-order valence-electron chi connectivity index (χ2n) is 9.04. The van der Waals surface area contributed by atoms with E-state index in [1.54, 1.807) is 21.3 Å². The number of hydrogen-bond donors (Lipinski definition) is 1. The minimum Gasteiger partial charge on any atom is -0.493 e. The molecule has 0 spiro atoms. The summed E-state index contributed by atoms with van der Waals surface area (Å²) < 4.78 is 16.5. The Labute approximate surface area is 185 Å². The molecule has 1 aromatic carbocycles. The molecule has 3 rings (SSSR count). The summed E-state index contributed by atoms with van der Waals surface area (Å²) in [6.45, 7) is 5.73. The summed E-state index contributed by atoms with van der Waals surface area (Å²) in [5.41, 5.74) is 0.918. The van der Waals surface area contributed by atoms with Crippen LogP contribution >= 0.6 is 0 Å². The number of carbonyl (C=O) groups is 2. The number of hydrogen-bond acceptors (Lipinski definition) is 5. The monoisotopic (exact) mass is 432 g/mol. The van der Waals surface area contributed by atoms with Crippen molar-refractivity contribution in [3.63, 3.8) is 0 Å². The highest BCUT2D eigenvalue weighted by atomic mass is 16.5. The SMILES string of the molecule is COc1cc(C2CN(C(=O)C3CCCC3)CC2C(=O)NCC(C)C)cc(OC)c1OC. The number of ether oxygens (including phenoxy) is 3. The minimum absolute atomic E-state index is 0.00539. The van der Waals surface area contributed by atoms with Gasteiger partial charge in [-0.1, -0.05) is 26.7 Å². The van der Waals surface area contributed by atoms with Crippen molar-refractivity contribution < 1.29 is 23.8 Å². The van der Waals surface area contributed by atoms with Crippen molar-refractivity contribution in [3.8, 4) is 17.2 Å². The molecule has 1 heterocycles. The van der Waals surface area contributed by atoms with Crippen LogP contribution in [0.3, 0.4) is 0 Å². The fourth-order valence-corrected chi connectivity index (χ4v) is 4.77. The Morgan fingerprint density at radius 2 is 1.65 bits per heavy atom. The number of benzene rings is 1.